The maximum Gasteiger partial charge on any atom is 0.135 e. The van der Waals surface area contributed by atoms with Gasteiger partial charge in [-0.25, -0.2) is 4.98 Å². The topological polar surface area (TPSA) is 67.5 Å². The van der Waals surface area contributed by atoms with Crippen molar-refractivity contribution in [1.29, 1.82) is 0 Å². The summed E-state index contributed by atoms with van der Waals surface area (Å²) in [5, 5.41) is 19.9. The molecule has 0 amide bonds. The smallest absolute Gasteiger partial charge is 0.135 e. The first-order valence-electron chi connectivity index (χ1n) is 8.27. The third kappa shape index (κ3) is 3.90. The van der Waals surface area contributed by atoms with Crippen LogP contribution in [0.1, 0.15) is 11.4 Å². The molecule has 3 aromatic rings. The van der Waals surface area contributed by atoms with Crippen molar-refractivity contribution >= 4 is 11.0 Å². The summed E-state index contributed by atoms with van der Waals surface area (Å²) in [5.74, 6) is 1.28. The van der Waals surface area contributed by atoms with Gasteiger partial charge >= 0.3 is 0 Å². The zero-order valence-corrected chi connectivity index (χ0v) is 14.0. The van der Waals surface area contributed by atoms with Crippen molar-refractivity contribution in [2.75, 3.05) is 6.61 Å². The van der Waals surface area contributed by atoms with E-state index in [9.17, 15) is 10.2 Å². The van der Waals surface area contributed by atoms with Crippen LogP contribution in [0.5, 0.6) is 5.75 Å². The molecule has 0 spiro atoms. The molecule has 0 aliphatic carbocycles. The van der Waals surface area contributed by atoms with Crippen molar-refractivity contribution in [3.8, 4) is 5.75 Å². The van der Waals surface area contributed by atoms with Gasteiger partial charge in [-0.3, -0.25) is 0 Å². The summed E-state index contributed by atoms with van der Waals surface area (Å²) in [7, 11) is 0. The highest BCUT2D eigenvalue weighted by molar-refractivity contribution is 5.75. The molecule has 2 N–H and O–H groups in total. The van der Waals surface area contributed by atoms with Crippen LogP contribution >= 0.6 is 0 Å². The average Bonchev–Trinajstić information content (AvgIpc) is 2.99. The van der Waals surface area contributed by atoms with Crippen LogP contribution in [0, 0.1) is 0 Å². The summed E-state index contributed by atoms with van der Waals surface area (Å²) in [4.78, 5) is 4.39. The highest BCUT2D eigenvalue weighted by Gasteiger charge is 2.14. The Morgan fingerprint density at radius 1 is 1.16 bits per heavy atom. The lowest BCUT2D eigenvalue weighted by atomic mass is 10.1. The molecule has 5 heteroatoms. The van der Waals surface area contributed by atoms with Gasteiger partial charge in [-0.1, -0.05) is 36.4 Å². The molecule has 1 unspecified atom stereocenters. The van der Waals surface area contributed by atoms with E-state index < -0.39 is 6.10 Å². The largest absolute Gasteiger partial charge is 0.491 e. The minimum Gasteiger partial charge on any atom is -0.491 e. The number of para-hydroxylation sites is 3. The van der Waals surface area contributed by atoms with Crippen LogP contribution in [0.25, 0.3) is 11.0 Å². The van der Waals surface area contributed by atoms with Gasteiger partial charge in [0.15, 0.2) is 0 Å². The number of rotatable bonds is 8. The number of aliphatic hydroxyl groups is 2. The lowest BCUT2D eigenvalue weighted by molar-refractivity contribution is 0.0911. The van der Waals surface area contributed by atoms with Crippen LogP contribution in [-0.2, 0) is 19.6 Å². The molecule has 25 heavy (non-hydrogen) atoms. The highest BCUT2D eigenvalue weighted by Crippen LogP contribution is 2.20. The summed E-state index contributed by atoms with van der Waals surface area (Å²) >= 11 is 0. The van der Waals surface area contributed by atoms with Gasteiger partial charge in [-0.2, -0.15) is 0 Å². The van der Waals surface area contributed by atoms with Gasteiger partial charge in [-0.15, -0.1) is 6.58 Å². The van der Waals surface area contributed by atoms with E-state index in [1.807, 2.05) is 59.2 Å². The Kier molecular flexibility index (Phi) is 5.48. The lowest BCUT2D eigenvalue weighted by Gasteiger charge is -2.16. The molecule has 0 radical (unpaired) electrons. The Labute approximate surface area is 146 Å². The second-order valence-corrected chi connectivity index (χ2v) is 5.85. The molecule has 0 aliphatic rings. The molecule has 1 atom stereocenters. The minimum atomic E-state index is -0.723. The molecule has 0 fully saturated rings. The number of ether oxygens (including phenoxy) is 1. The number of hydrogen-bond donors (Lipinski definition) is 2. The monoisotopic (exact) mass is 338 g/mol. The maximum atomic E-state index is 10.4. The van der Waals surface area contributed by atoms with E-state index >= 15 is 0 Å². The van der Waals surface area contributed by atoms with Crippen LogP contribution in [0.3, 0.4) is 0 Å². The fourth-order valence-electron chi connectivity index (χ4n) is 2.87. The van der Waals surface area contributed by atoms with Crippen LogP contribution in [0.2, 0.25) is 0 Å². The number of fused-ring (bicyclic) bond motifs is 1. The van der Waals surface area contributed by atoms with Gasteiger partial charge in [0.25, 0.3) is 0 Å². The second-order valence-electron chi connectivity index (χ2n) is 5.85. The molecular weight excluding hydrogens is 316 g/mol. The van der Waals surface area contributed by atoms with Crippen molar-refractivity contribution in [2.45, 2.75) is 25.7 Å². The van der Waals surface area contributed by atoms with Crippen molar-refractivity contribution < 1.29 is 14.9 Å². The molecule has 2 aromatic carbocycles. The first-order chi connectivity index (χ1) is 12.2. The van der Waals surface area contributed by atoms with E-state index in [0.29, 0.717) is 18.8 Å². The molecule has 1 aromatic heterocycles. The molecule has 5 nitrogen and oxygen atoms in total. The fraction of sp³-hybridized carbons (Fsp3) is 0.250. The van der Waals surface area contributed by atoms with E-state index in [1.165, 1.54) is 0 Å². The van der Waals surface area contributed by atoms with Crippen LogP contribution in [0.15, 0.2) is 61.2 Å². The van der Waals surface area contributed by atoms with Crippen LogP contribution < -0.4 is 4.74 Å². The zero-order valence-electron chi connectivity index (χ0n) is 14.0. The Morgan fingerprint density at radius 3 is 2.72 bits per heavy atom. The van der Waals surface area contributed by atoms with Crippen LogP contribution in [0.4, 0.5) is 0 Å². The van der Waals surface area contributed by atoms with E-state index in [4.69, 9.17) is 4.74 Å². The molecule has 130 valence electrons. The standard InChI is InChI=1S/C20H22N2O3/c1-2-7-15-8-3-6-11-19(15)25-14-16(24)12-22-18-10-5-4-9-17(18)21-20(22)13-23/h2-6,8-11,16,23-24H,1,7,12-14H2. The van der Waals surface area contributed by atoms with Crippen molar-refractivity contribution in [2.24, 2.45) is 0 Å². The molecule has 0 aliphatic heterocycles. The van der Waals surface area contributed by atoms with Gasteiger partial charge in [0.05, 0.1) is 17.6 Å². The summed E-state index contributed by atoms with van der Waals surface area (Å²) < 4.78 is 7.62. The van der Waals surface area contributed by atoms with Gasteiger partial charge in [0, 0.05) is 0 Å². The average molecular weight is 338 g/mol. The van der Waals surface area contributed by atoms with E-state index in [0.717, 1.165) is 22.3 Å². The Morgan fingerprint density at radius 2 is 1.92 bits per heavy atom. The number of aliphatic hydroxyl groups excluding tert-OH is 2. The predicted octanol–water partition coefficient (Wildman–Crippen LogP) is 2.70. The molecule has 0 bridgehead atoms. The number of benzene rings is 2. The van der Waals surface area contributed by atoms with E-state index in [1.54, 1.807) is 0 Å². The van der Waals surface area contributed by atoms with Gasteiger partial charge < -0.3 is 19.5 Å². The fourth-order valence-corrected chi connectivity index (χ4v) is 2.87. The van der Waals surface area contributed by atoms with Gasteiger partial charge in [-0.05, 0) is 30.2 Å². The minimum absolute atomic E-state index is 0.158. The van der Waals surface area contributed by atoms with E-state index in [2.05, 4.69) is 11.6 Å². The SMILES string of the molecule is C=CCc1ccccc1OCC(O)Cn1c(CO)nc2ccccc21. The molecule has 0 saturated carbocycles. The van der Waals surface area contributed by atoms with Crippen molar-refractivity contribution in [3.05, 3.63) is 72.6 Å². The second kappa shape index (κ2) is 7.96. The van der Waals surface area contributed by atoms with Crippen molar-refractivity contribution in [1.82, 2.24) is 9.55 Å². The van der Waals surface area contributed by atoms with Crippen LogP contribution in [-0.4, -0.2) is 32.5 Å². The highest BCUT2D eigenvalue weighted by atomic mass is 16.5. The number of allylic oxidation sites excluding steroid dienone is 1. The Balaban J connectivity index is 1.71. The third-order valence-electron chi connectivity index (χ3n) is 4.04. The van der Waals surface area contributed by atoms with Gasteiger partial charge in [0.2, 0.25) is 0 Å². The quantitative estimate of drug-likeness (QED) is 0.620. The number of hydrogen-bond acceptors (Lipinski definition) is 4. The molecule has 0 saturated heterocycles. The van der Waals surface area contributed by atoms with Crippen molar-refractivity contribution in [3.63, 3.8) is 0 Å². The Bertz CT molecular complexity index is 857. The van der Waals surface area contributed by atoms with E-state index in [-0.39, 0.29) is 13.2 Å². The summed E-state index contributed by atoms with van der Waals surface area (Å²) in [5.41, 5.74) is 2.72. The molecular formula is C20H22N2O3. The zero-order chi connectivity index (χ0) is 17.6. The van der Waals surface area contributed by atoms with Gasteiger partial charge in [0.1, 0.15) is 30.9 Å². The summed E-state index contributed by atoms with van der Waals surface area (Å²) in [6.45, 7) is 4.04. The Hall–Kier alpha value is -2.63. The maximum absolute atomic E-state index is 10.4. The normalized spacial score (nSPS) is 12.2. The molecule has 1 heterocycles. The predicted molar refractivity (Wildman–Crippen MR) is 97.5 cm³/mol. The summed E-state index contributed by atoms with van der Waals surface area (Å²) in [6.07, 6.45) is 1.82. The number of imidazole rings is 1. The lowest BCUT2D eigenvalue weighted by Crippen LogP contribution is -2.24. The first kappa shape index (κ1) is 17.2. The third-order valence-corrected chi connectivity index (χ3v) is 4.04. The molecule has 3 rings (SSSR count). The number of aromatic nitrogens is 2. The summed E-state index contributed by atoms with van der Waals surface area (Å²) in [6, 6.07) is 15.4. The number of nitrogens with zero attached hydrogens (tertiary/aromatic N) is 2. The first-order valence-corrected chi connectivity index (χ1v) is 8.27.